The first kappa shape index (κ1) is 17.6. The van der Waals surface area contributed by atoms with Crippen molar-refractivity contribution in [2.75, 3.05) is 11.9 Å². The second kappa shape index (κ2) is 8.25. The first-order valence-corrected chi connectivity index (χ1v) is 8.60. The summed E-state index contributed by atoms with van der Waals surface area (Å²) in [5.74, 6) is 0.304. The Balaban J connectivity index is 1.56. The lowest BCUT2D eigenvalue weighted by atomic mass is 10.1. The molecule has 2 N–H and O–H groups in total. The van der Waals surface area contributed by atoms with Gasteiger partial charge in [-0.2, -0.15) is 0 Å². The van der Waals surface area contributed by atoms with Crippen LogP contribution < -0.4 is 10.6 Å². The Labute approximate surface area is 153 Å². The summed E-state index contributed by atoms with van der Waals surface area (Å²) in [4.78, 5) is 20.7. The Kier molecular flexibility index (Phi) is 5.59. The molecule has 26 heavy (non-hydrogen) atoms. The quantitative estimate of drug-likeness (QED) is 0.712. The molecule has 1 heterocycles. The van der Waals surface area contributed by atoms with Crippen LogP contribution in [-0.2, 0) is 6.42 Å². The first-order chi connectivity index (χ1) is 12.6. The summed E-state index contributed by atoms with van der Waals surface area (Å²) in [7, 11) is 0. The van der Waals surface area contributed by atoms with Crippen molar-refractivity contribution in [3.63, 3.8) is 0 Å². The number of benzene rings is 2. The van der Waals surface area contributed by atoms with Gasteiger partial charge in [-0.25, -0.2) is 9.97 Å². The van der Waals surface area contributed by atoms with Gasteiger partial charge in [-0.15, -0.1) is 0 Å². The van der Waals surface area contributed by atoms with E-state index in [0.717, 1.165) is 23.2 Å². The fourth-order valence-corrected chi connectivity index (χ4v) is 2.57. The van der Waals surface area contributed by atoms with Crippen molar-refractivity contribution in [2.45, 2.75) is 20.3 Å². The SMILES string of the molecule is Cc1ccc(C)c(Nc2ncc(C(=O)NCCc3ccccc3)cn2)c1. The summed E-state index contributed by atoms with van der Waals surface area (Å²) in [6.07, 6.45) is 3.87. The molecule has 0 fully saturated rings. The molecule has 0 radical (unpaired) electrons. The zero-order chi connectivity index (χ0) is 18.4. The highest BCUT2D eigenvalue weighted by Gasteiger charge is 2.07. The van der Waals surface area contributed by atoms with E-state index in [0.29, 0.717) is 18.1 Å². The molecule has 2 aromatic carbocycles. The van der Waals surface area contributed by atoms with Gasteiger partial charge in [0.05, 0.1) is 5.56 Å². The minimum Gasteiger partial charge on any atom is -0.352 e. The van der Waals surface area contributed by atoms with Crippen LogP contribution in [0.5, 0.6) is 0 Å². The highest BCUT2D eigenvalue weighted by Crippen LogP contribution is 2.19. The van der Waals surface area contributed by atoms with Crippen molar-refractivity contribution < 1.29 is 4.79 Å². The fourth-order valence-electron chi connectivity index (χ4n) is 2.57. The Hall–Kier alpha value is -3.21. The number of nitrogens with one attached hydrogen (secondary N) is 2. The van der Waals surface area contributed by atoms with Gasteiger partial charge in [-0.3, -0.25) is 4.79 Å². The van der Waals surface area contributed by atoms with E-state index in [1.165, 1.54) is 18.0 Å². The van der Waals surface area contributed by atoms with E-state index in [-0.39, 0.29) is 5.91 Å². The number of nitrogens with zero attached hydrogens (tertiary/aromatic N) is 2. The minimum atomic E-state index is -0.167. The Bertz CT molecular complexity index is 876. The summed E-state index contributed by atoms with van der Waals surface area (Å²) in [5.41, 5.74) is 4.88. The van der Waals surface area contributed by atoms with Crippen LogP contribution in [0.2, 0.25) is 0 Å². The third-order valence-electron chi connectivity index (χ3n) is 4.10. The lowest BCUT2D eigenvalue weighted by molar-refractivity contribution is 0.0953. The van der Waals surface area contributed by atoms with Gasteiger partial charge in [-0.05, 0) is 43.0 Å². The standard InChI is InChI=1S/C21H22N4O/c1-15-8-9-16(2)19(12-15)25-21-23-13-18(14-24-21)20(26)22-11-10-17-6-4-3-5-7-17/h3-9,12-14H,10-11H2,1-2H3,(H,22,26)(H,23,24,25). The van der Waals surface area contributed by atoms with E-state index in [2.05, 4.69) is 26.7 Å². The number of anilines is 2. The number of carbonyl (C=O) groups excluding carboxylic acids is 1. The number of rotatable bonds is 6. The molecule has 0 aliphatic heterocycles. The van der Waals surface area contributed by atoms with Gasteiger partial charge < -0.3 is 10.6 Å². The van der Waals surface area contributed by atoms with E-state index in [9.17, 15) is 4.79 Å². The molecule has 0 spiro atoms. The van der Waals surface area contributed by atoms with Gasteiger partial charge in [0.2, 0.25) is 5.95 Å². The fraction of sp³-hybridized carbons (Fsp3) is 0.190. The highest BCUT2D eigenvalue weighted by atomic mass is 16.1. The van der Waals surface area contributed by atoms with Crippen LogP contribution >= 0.6 is 0 Å². The molecule has 0 saturated carbocycles. The molecule has 0 aliphatic carbocycles. The van der Waals surface area contributed by atoms with Crippen molar-refractivity contribution in [1.82, 2.24) is 15.3 Å². The van der Waals surface area contributed by atoms with Crippen LogP contribution in [0, 0.1) is 13.8 Å². The first-order valence-electron chi connectivity index (χ1n) is 8.60. The molecule has 5 heteroatoms. The molecule has 3 aromatic rings. The van der Waals surface area contributed by atoms with Gasteiger partial charge in [0.25, 0.3) is 5.91 Å². The zero-order valence-corrected chi connectivity index (χ0v) is 15.0. The lowest BCUT2D eigenvalue weighted by Gasteiger charge is -2.09. The summed E-state index contributed by atoms with van der Waals surface area (Å²) < 4.78 is 0. The third-order valence-corrected chi connectivity index (χ3v) is 4.10. The number of hydrogen-bond acceptors (Lipinski definition) is 4. The van der Waals surface area contributed by atoms with Crippen LogP contribution in [0.1, 0.15) is 27.0 Å². The predicted octanol–water partition coefficient (Wildman–Crippen LogP) is 3.81. The van der Waals surface area contributed by atoms with E-state index in [1.807, 2.05) is 56.3 Å². The molecule has 5 nitrogen and oxygen atoms in total. The van der Waals surface area contributed by atoms with E-state index in [4.69, 9.17) is 0 Å². The molecule has 3 rings (SSSR count). The van der Waals surface area contributed by atoms with Crippen LogP contribution in [0.3, 0.4) is 0 Å². The molecule has 0 aliphatic rings. The van der Waals surface area contributed by atoms with Crippen molar-refractivity contribution in [2.24, 2.45) is 0 Å². The molecule has 0 unspecified atom stereocenters. The Morgan fingerprint density at radius 3 is 2.46 bits per heavy atom. The van der Waals surface area contributed by atoms with Gasteiger partial charge in [0.15, 0.2) is 0 Å². The van der Waals surface area contributed by atoms with E-state index in [1.54, 1.807) is 0 Å². The summed E-state index contributed by atoms with van der Waals surface area (Å²) >= 11 is 0. The largest absolute Gasteiger partial charge is 0.352 e. The Morgan fingerprint density at radius 1 is 1.00 bits per heavy atom. The molecular formula is C21H22N4O. The molecule has 1 amide bonds. The second-order valence-corrected chi connectivity index (χ2v) is 6.23. The van der Waals surface area contributed by atoms with Crippen molar-refractivity contribution >= 4 is 17.5 Å². The number of aryl methyl sites for hydroxylation is 2. The topological polar surface area (TPSA) is 66.9 Å². The number of carbonyl (C=O) groups is 1. The zero-order valence-electron chi connectivity index (χ0n) is 15.0. The molecule has 0 atom stereocenters. The van der Waals surface area contributed by atoms with Crippen molar-refractivity contribution in [3.05, 3.63) is 83.2 Å². The molecular weight excluding hydrogens is 324 g/mol. The maximum Gasteiger partial charge on any atom is 0.254 e. The average Bonchev–Trinajstić information content (AvgIpc) is 2.66. The molecule has 0 saturated heterocycles. The maximum absolute atomic E-state index is 12.2. The summed E-state index contributed by atoms with van der Waals surface area (Å²) in [5, 5.41) is 6.08. The van der Waals surface area contributed by atoms with Crippen LogP contribution in [0.4, 0.5) is 11.6 Å². The van der Waals surface area contributed by atoms with E-state index >= 15 is 0 Å². The van der Waals surface area contributed by atoms with Crippen LogP contribution in [0.25, 0.3) is 0 Å². The maximum atomic E-state index is 12.2. The Morgan fingerprint density at radius 2 is 1.73 bits per heavy atom. The average molecular weight is 346 g/mol. The number of amides is 1. The van der Waals surface area contributed by atoms with Crippen LogP contribution in [-0.4, -0.2) is 22.4 Å². The number of hydrogen-bond donors (Lipinski definition) is 2. The second-order valence-electron chi connectivity index (χ2n) is 6.23. The van der Waals surface area contributed by atoms with Gasteiger partial charge >= 0.3 is 0 Å². The molecule has 1 aromatic heterocycles. The van der Waals surface area contributed by atoms with Gasteiger partial charge in [0.1, 0.15) is 0 Å². The van der Waals surface area contributed by atoms with Crippen LogP contribution in [0.15, 0.2) is 60.9 Å². The summed E-state index contributed by atoms with van der Waals surface area (Å²) in [6, 6.07) is 16.2. The smallest absolute Gasteiger partial charge is 0.254 e. The lowest BCUT2D eigenvalue weighted by Crippen LogP contribution is -2.26. The van der Waals surface area contributed by atoms with E-state index < -0.39 is 0 Å². The molecule has 0 bridgehead atoms. The highest BCUT2D eigenvalue weighted by molar-refractivity contribution is 5.93. The minimum absolute atomic E-state index is 0.167. The molecule has 132 valence electrons. The van der Waals surface area contributed by atoms with Crippen molar-refractivity contribution in [1.29, 1.82) is 0 Å². The van der Waals surface area contributed by atoms with Crippen molar-refractivity contribution in [3.8, 4) is 0 Å². The predicted molar refractivity (Wildman–Crippen MR) is 104 cm³/mol. The summed E-state index contributed by atoms with van der Waals surface area (Å²) in [6.45, 7) is 4.63. The van der Waals surface area contributed by atoms with Gasteiger partial charge in [0, 0.05) is 24.6 Å². The normalized spacial score (nSPS) is 10.4. The monoisotopic (exact) mass is 346 g/mol. The number of aromatic nitrogens is 2. The van der Waals surface area contributed by atoms with Gasteiger partial charge in [-0.1, -0.05) is 42.5 Å². The third kappa shape index (κ3) is 4.66.